The summed E-state index contributed by atoms with van der Waals surface area (Å²) in [5.41, 5.74) is 1.36. The van der Waals surface area contributed by atoms with Gasteiger partial charge in [-0.2, -0.15) is 0 Å². The van der Waals surface area contributed by atoms with E-state index in [0.29, 0.717) is 28.0 Å². The third-order valence-corrected chi connectivity index (χ3v) is 4.63. The van der Waals surface area contributed by atoms with Crippen LogP contribution in [0.5, 0.6) is 5.75 Å². The van der Waals surface area contributed by atoms with Crippen LogP contribution in [0.2, 0.25) is 10.0 Å². The Balaban J connectivity index is 1.95. The number of nitrogens with one attached hydrogen (secondary N) is 1. The highest BCUT2D eigenvalue weighted by Gasteiger charge is 2.18. The van der Waals surface area contributed by atoms with Crippen LogP contribution in [0.4, 0.5) is 5.69 Å². The average molecular weight is 409 g/mol. The van der Waals surface area contributed by atoms with Gasteiger partial charge in [0.05, 0.1) is 22.3 Å². The molecule has 0 spiro atoms. The second kappa shape index (κ2) is 10.2. The van der Waals surface area contributed by atoms with Crippen molar-refractivity contribution in [2.24, 2.45) is 0 Å². The maximum Gasteiger partial charge on any atom is 0.260 e. The highest BCUT2D eigenvalue weighted by atomic mass is 35.5. The lowest BCUT2D eigenvalue weighted by Gasteiger charge is -2.21. The molecule has 1 N–H and O–H groups in total. The first-order chi connectivity index (χ1) is 13.0. The topological polar surface area (TPSA) is 58.6 Å². The monoisotopic (exact) mass is 408 g/mol. The number of anilines is 1. The van der Waals surface area contributed by atoms with E-state index in [1.807, 2.05) is 31.2 Å². The third kappa shape index (κ3) is 5.88. The molecule has 0 aliphatic rings. The summed E-state index contributed by atoms with van der Waals surface area (Å²) in [6.45, 7) is 3.95. The van der Waals surface area contributed by atoms with E-state index in [9.17, 15) is 9.59 Å². The van der Waals surface area contributed by atoms with Crippen molar-refractivity contribution in [1.82, 2.24) is 4.90 Å². The minimum atomic E-state index is -0.380. The molecule has 2 aromatic rings. The molecule has 2 amide bonds. The molecule has 0 heterocycles. The Labute approximate surface area is 169 Å². The van der Waals surface area contributed by atoms with E-state index < -0.39 is 0 Å². The maximum atomic E-state index is 12.4. The van der Waals surface area contributed by atoms with Gasteiger partial charge in [-0.25, -0.2) is 0 Å². The molecule has 0 aliphatic carbocycles. The van der Waals surface area contributed by atoms with Crippen molar-refractivity contribution in [2.45, 2.75) is 20.3 Å². The SMILES string of the molecule is CCc1ccccc1OCC(=O)N(CC)CC(=O)Nc1c(Cl)cccc1Cl. The van der Waals surface area contributed by atoms with Gasteiger partial charge in [-0.3, -0.25) is 9.59 Å². The number of hydrogen-bond acceptors (Lipinski definition) is 3. The minimum Gasteiger partial charge on any atom is -0.483 e. The summed E-state index contributed by atoms with van der Waals surface area (Å²) >= 11 is 12.1. The molecule has 2 rings (SSSR count). The fraction of sp³-hybridized carbons (Fsp3) is 0.300. The Kier molecular flexibility index (Phi) is 7.95. The van der Waals surface area contributed by atoms with E-state index in [-0.39, 0.29) is 25.0 Å². The average Bonchev–Trinajstić information content (AvgIpc) is 2.67. The van der Waals surface area contributed by atoms with Gasteiger partial charge in [-0.15, -0.1) is 0 Å². The van der Waals surface area contributed by atoms with Crippen molar-refractivity contribution in [3.63, 3.8) is 0 Å². The van der Waals surface area contributed by atoms with Gasteiger partial charge >= 0.3 is 0 Å². The Hall–Kier alpha value is -2.24. The predicted molar refractivity (Wildman–Crippen MR) is 109 cm³/mol. The van der Waals surface area contributed by atoms with Crippen molar-refractivity contribution in [3.8, 4) is 5.75 Å². The fourth-order valence-electron chi connectivity index (χ4n) is 2.51. The van der Waals surface area contributed by atoms with E-state index in [2.05, 4.69) is 5.32 Å². The van der Waals surface area contributed by atoms with Gasteiger partial charge in [0.25, 0.3) is 5.91 Å². The number of benzene rings is 2. The predicted octanol–water partition coefficient (Wildman–Crippen LogP) is 4.42. The number of aryl methyl sites for hydroxylation is 1. The standard InChI is InChI=1S/C20H22Cl2N2O3/c1-3-14-8-5-6-11-17(14)27-13-19(26)24(4-2)12-18(25)23-20-15(21)9-7-10-16(20)22/h5-11H,3-4,12-13H2,1-2H3,(H,23,25). The molecular formula is C20H22Cl2N2O3. The zero-order chi connectivity index (χ0) is 19.8. The normalized spacial score (nSPS) is 10.4. The van der Waals surface area contributed by atoms with Crippen LogP contribution in [0.15, 0.2) is 42.5 Å². The summed E-state index contributed by atoms with van der Waals surface area (Å²) in [5, 5.41) is 3.33. The summed E-state index contributed by atoms with van der Waals surface area (Å²) in [6, 6.07) is 12.5. The van der Waals surface area contributed by atoms with Crippen LogP contribution in [0.25, 0.3) is 0 Å². The Morgan fingerprint density at radius 3 is 2.33 bits per heavy atom. The molecule has 0 aliphatic heterocycles. The van der Waals surface area contributed by atoms with Crippen molar-refractivity contribution in [1.29, 1.82) is 0 Å². The van der Waals surface area contributed by atoms with E-state index in [4.69, 9.17) is 27.9 Å². The maximum absolute atomic E-state index is 12.4. The lowest BCUT2D eigenvalue weighted by Crippen LogP contribution is -2.40. The van der Waals surface area contributed by atoms with Gasteiger partial charge in [0.15, 0.2) is 6.61 Å². The van der Waals surface area contributed by atoms with Crippen LogP contribution in [0, 0.1) is 0 Å². The smallest absolute Gasteiger partial charge is 0.260 e. The van der Waals surface area contributed by atoms with Crippen molar-refractivity contribution < 1.29 is 14.3 Å². The zero-order valence-corrected chi connectivity index (χ0v) is 16.8. The molecule has 0 saturated carbocycles. The molecule has 7 heteroatoms. The van der Waals surface area contributed by atoms with Gasteiger partial charge in [-0.05, 0) is 37.1 Å². The highest BCUT2D eigenvalue weighted by molar-refractivity contribution is 6.39. The molecule has 2 aromatic carbocycles. The molecule has 0 saturated heterocycles. The Morgan fingerprint density at radius 2 is 1.70 bits per heavy atom. The number of carbonyl (C=O) groups is 2. The molecule has 0 aromatic heterocycles. The fourth-order valence-corrected chi connectivity index (χ4v) is 3.01. The lowest BCUT2D eigenvalue weighted by molar-refractivity contribution is -0.136. The van der Waals surface area contributed by atoms with Crippen molar-refractivity contribution in [3.05, 3.63) is 58.1 Å². The molecule has 27 heavy (non-hydrogen) atoms. The number of likely N-dealkylation sites (N-methyl/N-ethyl adjacent to an activating group) is 1. The van der Waals surface area contributed by atoms with Gasteiger partial charge in [0, 0.05) is 6.54 Å². The van der Waals surface area contributed by atoms with Crippen molar-refractivity contribution in [2.75, 3.05) is 25.0 Å². The first-order valence-corrected chi connectivity index (χ1v) is 9.44. The molecule has 5 nitrogen and oxygen atoms in total. The minimum absolute atomic E-state index is 0.115. The molecular weight excluding hydrogens is 387 g/mol. The van der Waals surface area contributed by atoms with Crippen LogP contribution in [0.3, 0.4) is 0 Å². The second-order valence-electron chi connectivity index (χ2n) is 5.80. The number of para-hydroxylation sites is 2. The van der Waals surface area contributed by atoms with E-state index in [1.54, 1.807) is 25.1 Å². The van der Waals surface area contributed by atoms with E-state index in [1.165, 1.54) is 4.90 Å². The molecule has 0 fully saturated rings. The number of ether oxygens (including phenoxy) is 1. The molecule has 0 atom stereocenters. The van der Waals surface area contributed by atoms with Gasteiger partial charge in [0.1, 0.15) is 5.75 Å². The third-order valence-electron chi connectivity index (χ3n) is 4.00. The van der Waals surface area contributed by atoms with E-state index in [0.717, 1.165) is 12.0 Å². The van der Waals surface area contributed by atoms with Crippen LogP contribution in [-0.2, 0) is 16.0 Å². The van der Waals surface area contributed by atoms with Gasteiger partial charge < -0.3 is 15.0 Å². The van der Waals surface area contributed by atoms with Crippen molar-refractivity contribution >= 4 is 40.7 Å². The largest absolute Gasteiger partial charge is 0.483 e. The van der Waals surface area contributed by atoms with Crippen LogP contribution in [-0.4, -0.2) is 36.4 Å². The summed E-state index contributed by atoms with van der Waals surface area (Å²) < 4.78 is 5.65. The molecule has 0 bridgehead atoms. The Morgan fingerprint density at radius 1 is 1.04 bits per heavy atom. The van der Waals surface area contributed by atoms with Gasteiger partial charge in [-0.1, -0.05) is 54.4 Å². The number of halogens is 2. The summed E-state index contributed by atoms with van der Waals surface area (Å²) in [4.78, 5) is 26.2. The molecule has 144 valence electrons. The lowest BCUT2D eigenvalue weighted by atomic mass is 10.1. The first-order valence-electron chi connectivity index (χ1n) is 8.68. The number of nitrogens with zero attached hydrogens (tertiary/aromatic N) is 1. The summed E-state index contributed by atoms with van der Waals surface area (Å²) in [7, 11) is 0. The van der Waals surface area contributed by atoms with Crippen LogP contribution in [0.1, 0.15) is 19.4 Å². The van der Waals surface area contributed by atoms with Crippen LogP contribution < -0.4 is 10.1 Å². The molecule has 0 radical (unpaired) electrons. The number of amides is 2. The zero-order valence-electron chi connectivity index (χ0n) is 15.3. The summed E-state index contributed by atoms with van der Waals surface area (Å²) in [5.74, 6) is 0.0228. The number of carbonyl (C=O) groups excluding carboxylic acids is 2. The first kappa shape index (κ1) is 21.1. The van der Waals surface area contributed by atoms with E-state index >= 15 is 0 Å². The van der Waals surface area contributed by atoms with Gasteiger partial charge in [0.2, 0.25) is 5.91 Å². The Bertz CT molecular complexity index is 791. The van der Waals surface area contributed by atoms with Crippen LogP contribution >= 0.6 is 23.2 Å². The molecule has 0 unspecified atom stereocenters. The highest BCUT2D eigenvalue weighted by Crippen LogP contribution is 2.29. The second-order valence-corrected chi connectivity index (χ2v) is 6.62. The quantitative estimate of drug-likeness (QED) is 0.702. The number of hydrogen-bond donors (Lipinski definition) is 1. The number of rotatable bonds is 8. The summed E-state index contributed by atoms with van der Waals surface area (Å²) in [6.07, 6.45) is 0.808.